The van der Waals surface area contributed by atoms with Crippen LogP contribution in [0.1, 0.15) is 84.5 Å². The van der Waals surface area contributed by atoms with Crippen LogP contribution in [0.5, 0.6) is 0 Å². The largest absolute Gasteiger partial charge is 0.300 e. The van der Waals surface area contributed by atoms with E-state index < -0.39 is 8.83 Å². The lowest BCUT2D eigenvalue weighted by atomic mass is 10.0. The first kappa shape index (κ1) is 18.2. The van der Waals surface area contributed by atoms with Crippen molar-refractivity contribution in [2.75, 3.05) is 0 Å². The third-order valence-electron chi connectivity index (χ3n) is 3.67. The molecule has 0 aromatic carbocycles. The van der Waals surface area contributed by atoms with E-state index in [4.69, 9.17) is 11.1 Å². The van der Waals surface area contributed by atoms with Crippen LogP contribution in [0.3, 0.4) is 0 Å². The van der Waals surface area contributed by atoms with Crippen molar-refractivity contribution in [1.29, 1.82) is 0 Å². The second-order valence-corrected chi connectivity index (χ2v) is 7.65. The number of ketones is 1. The second-order valence-electron chi connectivity index (χ2n) is 5.43. The molecule has 0 bridgehead atoms. The summed E-state index contributed by atoms with van der Waals surface area (Å²) in [6.07, 6.45) is 14.6. The van der Waals surface area contributed by atoms with Gasteiger partial charge in [0, 0.05) is 5.54 Å². The first-order chi connectivity index (χ1) is 8.72. The van der Waals surface area contributed by atoms with Crippen molar-refractivity contribution in [3.63, 3.8) is 0 Å². The fraction of sp³-hybridized carbons (Fsp3) is 0.933. The number of carbonyl (C=O) groups excluding carboxylic acids is 1. The van der Waals surface area contributed by atoms with Crippen molar-refractivity contribution < 1.29 is 4.79 Å². The number of rotatable bonds is 13. The first-order valence-electron chi connectivity index (χ1n) is 7.78. The van der Waals surface area contributed by atoms with E-state index in [0.717, 1.165) is 6.42 Å². The number of hydrogen-bond acceptors (Lipinski definition) is 1. The quantitative estimate of drug-likeness (QED) is 0.265. The Morgan fingerprint density at radius 1 is 0.944 bits per heavy atom. The summed E-state index contributed by atoms with van der Waals surface area (Å²) in [4.78, 5) is 11.2. The van der Waals surface area contributed by atoms with E-state index in [2.05, 4.69) is 6.92 Å². The molecule has 0 N–H and O–H groups in total. The Bertz CT molecular complexity index is 197. The Kier molecular flexibility index (Phi) is 13.7. The highest BCUT2D eigenvalue weighted by Gasteiger charge is 2.12. The lowest BCUT2D eigenvalue weighted by Gasteiger charge is -2.08. The van der Waals surface area contributed by atoms with Gasteiger partial charge in [-0.2, -0.15) is 11.1 Å². The minimum absolute atomic E-state index is 0.237. The molecule has 0 heterocycles. The topological polar surface area (TPSA) is 17.1 Å². The van der Waals surface area contributed by atoms with Gasteiger partial charge >= 0.3 is 0 Å². The van der Waals surface area contributed by atoms with E-state index in [1.165, 1.54) is 64.2 Å². The van der Waals surface area contributed by atoms with Crippen molar-refractivity contribution in [1.82, 2.24) is 0 Å². The normalized spacial score (nSPS) is 13.3. The molecule has 0 saturated heterocycles. The van der Waals surface area contributed by atoms with Crippen LogP contribution in [-0.4, -0.2) is 14.6 Å². The third kappa shape index (κ3) is 11.3. The number of halogens is 1. The molecule has 1 unspecified atom stereocenters. The SMILES string of the molecule is CCCCCCCCCCCCC([SiH2]Cl)C(C)=O. The van der Waals surface area contributed by atoms with Crippen LogP contribution in [0.2, 0.25) is 5.54 Å². The predicted octanol–water partition coefficient (Wildman–Crippen LogP) is 5.00. The van der Waals surface area contributed by atoms with Gasteiger partial charge in [0.1, 0.15) is 14.6 Å². The van der Waals surface area contributed by atoms with Crippen LogP contribution in [0.15, 0.2) is 0 Å². The summed E-state index contributed by atoms with van der Waals surface area (Å²) in [7, 11) is -0.653. The van der Waals surface area contributed by atoms with Crippen LogP contribution in [-0.2, 0) is 4.79 Å². The van der Waals surface area contributed by atoms with Gasteiger partial charge in [-0.3, -0.25) is 0 Å². The average Bonchev–Trinajstić information content (AvgIpc) is 2.35. The molecular weight excluding hydrogens is 260 g/mol. The van der Waals surface area contributed by atoms with Crippen LogP contribution in [0, 0.1) is 0 Å². The van der Waals surface area contributed by atoms with Gasteiger partial charge in [0.25, 0.3) is 0 Å². The molecule has 18 heavy (non-hydrogen) atoms. The van der Waals surface area contributed by atoms with Gasteiger partial charge in [-0.25, -0.2) is 0 Å². The highest BCUT2D eigenvalue weighted by Crippen LogP contribution is 2.18. The van der Waals surface area contributed by atoms with Crippen LogP contribution in [0.25, 0.3) is 0 Å². The summed E-state index contributed by atoms with van der Waals surface area (Å²) in [5.74, 6) is 0.313. The van der Waals surface area contributed by atoms with Crippen LogP contribution >= 0.6 is 11.1 Å². The number of carbonyl (C=O) groups is 1. The molecule has 0 amide bonds. The predicted molar refractivity (Wildman–Crippen MR) is 85.3 cm³/mol. The number of hydrogen-bond donors (Lipinski definition) is 0. The molecule has 0 aliphatic rings. The van der Waals surface area contributed by atoms with Crippen LogP contribution in [0.4, 0.5) is 0 Å². The molecule has 1 atom stereocenters. The third-order valence-corrected chi connectivity index (χ3v) is 6.14. The fourth-order valence-corrected chi connectivity index (χ4v) is 4.04. The summed E-state index contributed by atoms with van der Waals surface area (Å²) < 4.78 is 0. The summed E-state index contributed by atoms with van der Waals surface area (Å²) in [5.41, 5.74) is 0.237. The molecule has 0 fully saturated rings. The number of unbranched alkanes of at least 4 members (excludes halogenated alkanes) is 9. The van der Waals surface area contributed by atoms with Crippen molar-refractivity contribution in [2.24, 2.45) is 0 Å². The molecule has 0 saturated carbocycles. The fourth-order valence-electron chi connectivity index (χ4n) is 2.27. The molecule has 0 aliphatic carbocycles. The summed E-state index contributed by atoms with van der Waals surface area (Å²) in [6.45, 7) is 3.95. The molecule has 1 nitrogen and oxygen atoms in total. The lowest BCUT2D eigenvalue weighted by molar-refractivity contribution is -0.117. The Morgan fingerprint density at radius 2 is 1.39 bits per heavy atom. The van der Waals surface area contributed by atoms with Gasteiger partial charge in [-0.05, 0) is 13.3 Å². The van der Waals surface area contributed by atoms with Crippen molar-refractivity contribution in [3.8, 4) is 0 Å². The van der Waals surface area contributed by atoms with Crippen molar-refractivity contribution >= 4 is 25.7 Å². The molecule has 0 aliphatic heterocycles. The van der Waals surface area contributed by atoms with E-state index in [-0.39, 0.29) is 5.54 Å². The Balaban J connectivity index is 3.18. The smallest absolute Gasteiger partial charge is 0.135 e. The van der Waals surface area contributed by atoms with Crippen molar-refractivity contribution in [2.45, 2.75) is 90.0 Å². The standard InChI is InChI=1S/C15H31ClOSi/c1-3-4-5-6-7-8-9-10-11-12-13-15(18-16)14(2)17/h15H,3-13,18H2,1-2H3. The van der Waals surface area contributed by atoms with Crippen LogP contribution < -0.4 is 0 Å². The zero-order valence-corrected chi connectivity index (χ0v) is 14.5. The van der Waals surface area contributed by atoms with Gasteiger partial charge < -0.3 is 4.79 Å². The molecule has 0 radical (unpaired) electrons. The first-order valence-corrected chi connectivity index (χ1v) is 10.7. The highest BCUT2D eigenvalue weighted by molar-refractivity contribution is 6.96. The van der Waals surface area contributed by atoms with Crippen molar-refractivity contribution in [3.05, 3.63) is 0 Å². The number of Topliss-reactive ketones (excluding diaryl/α,β-unsaturated/α-hetero) is 1. The summed E-state index contributed by atoms with van der Waals surface area (Å²) in [6, 6.07) is 0. The molecular formula is C15H31ClOSi. The van der Waals surface area contributed by atoms with E-state index in [1.54, 1.807) is 6.92 Å². The van der Waals surface area contributed by atoms with Gasteiger partial charge in [0.2, 0.25) is 0 Å². The average molecular weight is 291 g/mol. The molecule has 0 aromatic heterocycles. The summed E-state index contributed by atoms with van der Waals surface area (Å²) in [5, 5.41) is 0. The molecule has 108 valence electrons. The summed E-state index contributed by atoms with van der Waals surface area (Å²) >= 11 is 5.90. The van der Waals surface area contributed by atoms with E-state index in [0.29, 0.717) is 5.78 Å². The maximum Gasteiger partial charge on any atom is 0.135 e. The minimum Gasteiger partial charge on any atom is -0.300 e. The van der Waals surface area contributed by atoms with Gasteiger partial charge in [0.05, 0.1) is 0 Å². The maximum atomic E-state index is 11.2. The van der Waals surface area contributed by atoms with Gasteiger partial charge in [0.15, 0.2) is 0 Å². The molecule has 3 heteroatoms. The van der Waals surface area contributed by atoms with Gasteiger partial charge in [-0.1, -0.05) is 71.1 Å². The highest BCUT2D eigenvalue weighted by atomic mass is 35.6. The van der Waals surface area contributed by atoms with E-state index >= 15 is 0 Å². The van der Waals surface area contributed by atoms with E-state index in [1.807, 2.05) is 0 Å². The zero-order chi connectivity index (χ0) is 13.6. The molecule has 0 spiro atoms. The Hall–Kier alpha value is 0.177. The zero-order valence-electron chi connectivity index (χ0n) is 12.3. The Morgan fingerprint density at radius 3 is 1.78 bits per heavy atom. The molecule has 0 rings (SSSR count). The minimum atomic E-state index is -0.653. The molecule has 0 aromatic rings. The second kappa shape index (κ2) is 13.6. The maximum absolute atomic E-state index is 11.2. The lowest BCUT2D eigenvalue weighted by Crippen LogP contribution is -2.08. The monoisotopic (exact) mass is 290 g/mol. The Labute approximate surface area is 121 Å². The van der Waals surface area contributed by atoms with Gasteiger partial charge in [-0.15, -0.1) is 0 Å². The van der Waals surface area contributed by atoms with E-state index in [9.17, 15) is 4.79 Å².